The number of anilines is 4. The second-order valence-corrected chi connectivity index (χ2v) is 12.4. The molecule has 5 rings (SSSR count). The minimum absolute atomic E-state index is 0.251. The van der Waals surface area contributed by atoms with Crippen molar-refractivity contribution in [2.75, 3.05) is 41.1 Å². The van der Waals surface area contributed by atoms with Crippen LogP contribution in [0.4, 0.5) is 27.8 Å². The maximum absolute atomic E-state index is 12.1. The molecule has 0 aliphatic carbocycles. The van der Waals surface area contributed by atoms with Crippen molar-refractivity contribution in [1.82, 2.24) is 19.9 Å². The van der Waals surface area contributed by atoms with Gasteiger partial charge in [0.15, 0.2) is 9.84 Å². The molecule has 3 aromatic heterocycles. The molecule has 0 bridgehead atoms. The number of amides is 1. The minimum Gasteiger partial charge on any atom is -0.474 e. The lowest BCUT2D eigenvalue weighted by Crippen LogP contribution is -2.38. The van der Waals surface area contributed by atoms with E-state index < -0.39 is 20.7 Å². The van der Waals surface area contributed by atoms with Crippen LogP contribution in [-0.2, 0) is 27.5 Å². The Morgan fingerprint density at radius 2 is 1.92 bits per heavy atom. The fourth-order valence-corrected chi connectivity index (χ4v) is 5.05. The van der Waals surface area contributed by atoms with Crippen LogP contribution in [0.2, 0.25) is 0 Å². The molecule has 1 amide bonds. The van der Waals surface area contributed by atoms with Gasteiger partial charge in [-0.25, -0.2) is 28.2 Å². The minimum atomic E-state index is -3.34. The Morgan fingerprint density at radius 3 is 2.61 bits per heavy atom. The number of aromatic nitrogens is 4. The third kappa shape index (κ3) is 4.57. The summed E-state index contributed by atoms with van der Waals surface area (Å²) in [5.74, 6) is 0.721. The van der Waals surface area contributed by atoms with E-state index in [0.717, 1.165) is 28.9 Å². The zero-order valence-corrected chi connectivity index (χ0v) is 22.4. The largest absolute Gasteiger partial charge is 0.474 e. The smallest absolute Gasteiger partial charge is 0.412 e. The molecule has 5 heterocycles. The number of ether oxygens (including phenoxy) is 1. The first-order valence-electron chi connectivity index (χ1n) is 12.1. The van der Waals surface area contributed by atoms with Crippen molar-refractivity contribution < 1.29 is 23.1 Å². The van der Waals surface area contributed by atoms with E-state index >= 15 is 0 Å². The molecule has 0 saturated carbocycles. The van der Waals surface area contributed by atoms with Gasteiger partial charge in [0.25, 0.3) is 0 Å². The second-order valence-electron chi connectivity index (χ2n) is 9.88. The van der Waals surface area contributed by atoms with Crippen molar-refractivity contribution >= 4 is 38.9 Å². The Balaban J connectivity index is 1.37. The Kier molecular flexibility index (Phi) is 6.33. The lowest BCUT2D eigenvalue weighted by molar-refractivity contribution is 0.196. The summed E-state index contributed by atoms with van der Waals surface area (Å²) in [5.41, 5.74) is 5.06. The SMILES string of the molecule is Cc1c(N2CCc3cnc(Nc4ccc(C(C)(C)S(C)(=O)=O)nc4)nc3C2)cnc2c1N(C(=O)O)CCO2. The number of nitrogens with one attached hydrogen (secondary N) is 1. The van der Waals surface area contributed by atoms with Crippen molar-refractivity contribution in [3.8, 4) is 5.88 Å². The molecule has 2 N–H and O–H groups in total. The van der Waals surface area contributed by atoms with Crippen LogP contribution in [0, 0.1) is 6.92 Å². The zero-order chi connectivity index (χ0) is 27.2. The molecule has 0 fully saturated rings. The maximum Gasteiger partial charge on any atom is 0.412 e. The van der Waals surface area contributed by atoms with Crippen LogP contribution in [0.25, 0.3) is 0 Å². The van der Waals surface area contributed by atoms with E-state index in [1.165, 1.54) is 11.2 Å². The van der Waals surface area contributed by atoms with E-state index in [4.69, 9.17) is 9.72 Å². The molecule has 3 aromatic rings. The summed E-state index contributed by atoms with van der Waals surface area (Å²) in [6.45, 7) is 6.86. The van der Waals surface area contributed by atoms with Gasteiger partial charge in [0.2, 0.25) is 11.8 Å². The molecule has 13 heteroatoms. The highest BCUT2D eigenvalue weighted by molar-refractivity contribution is 7.91. The van der Waals surface area contributed by atoms with Gasteiger partial charge in [0, 0.05) is 24.6 Å². The van der Waals surface area contributed by atoms with Gasteiger partial charge in [-0.1, -0.05) is 0 Å². The summed E-state index contributed by atoms with van der Waals surface area (Å²) in [6.07, 6.45) is 5.97. The number of nitrogens with zero attached hydrogens (tertiary/aromatic N) is 6. The molecule has 0 aromatic carbocycles. The number of sulfone groups is 1. The summed E-state index contributed by atoms with van der Waals surface area (Å²) in [4.78, 5) is 33.1. The van der Waals surface area contributed by atoms with Crippen LogP contribution in [0.5, 0.6) is 5.88 Å². The first kappa shape index (κ1) is 25.6. The number of rotatable bonds is 5. The van der Waals surface area contributed by atoms with Gasteiger partial charge in [-0.15, -0.1) is 0 Å². The van der Waals surface area contributed by atoms with Crippen molar-refractivity contribution in [1.29, 1.82) is 0 Å². The summed E-state index contributed by atoms with van der Waals surface area (Å²) < 4.78 is 28.7. The third-order valence-electron chi connectivity index (χ3n) is 7.15. The van der Waals surface area contributed by atoms with Crippen LogP contribution < -0.4 is 19.9 Å². The molecule has 0 unspecified atom stereocenters. The molecule has 0 saturated heterocycles. The lowest BCUT2D eigenvalue weighted by Gasteiger charge is -2.34. The first-order chi connectivity index (χ1) is 18.0. The fourth-order valence-electron chi connectivity index (χ4n) is 4.55. The van der Waals surface area contributed by atoms with Gasteiger partial charge in [0.05, 0.1) is 48.2 Å². The molecule has 0 atom stereocenters. The van der Waals surface area contributed by atoms with E-state index in [9.17, 15) is 18.3 Å². The lowest BCUT2D eigenvalue weighted by atomic mass is 10.0. The van der Waals surface area contributed by atoms with Gasteiger partial charge >= 0.3 is 6.09 Å². The Labute approximate surface area is 220 Å². The molecule has 2 aliphatic rings. The van der Waals surface area contributed by atoms with E-state index in [1.54, 1.807) is 44.6 Å². The third-order valence-corrected chi connectivity index (χ3v) is 9.21. The van der Waals surface area contributed by atoms with Crippen LogP contribution in [-0.4, -0.2) is 65.5 Å². The average molecular weight is 540 g/mol. The van der Waals surface area contributed by atoms with Gasteiger partial charge in [0.1, 0.15) is 17.0 Å². The van der Waals surface area contributed by atoms with E-state index in [0.29, 0.717) is 42.0 Å². The number of hydrogen-bond donors (Lipinski definition) is 2. The Hall–Kier alpha value is -4.00. The van der Waals surface area contributed by atoms with Crippen LogP contribution in [0.3, 0.4) is 0 Å². The van der Waals surface area contributed by atoms with E-state index in [2.05, 4.69) is 25.2 Å². The fraction of sp³-hybridized carbons (Fsp3) is 0.400. The van der Waals surface area contributed by atoms with Crippen molar-refractivity contribution in [3.63, 3.8) is 0 Å². The quantitative estimate of drug-likeness (QED) is 0.492. The highest BCUT2D eigenvalue weighted by Crippen LogP contribution is 2.39. The highest BCUT2D eigenvalue weighted by atomic mass is 32.2. The Bertz CT molecular complexity index is 1510. The molecular formula is C25H29N7O5S. The van der Waals surface area contributed by atoms with Crippen molar-refractivity contribution in [2.24, 2.45) is 0 Å². The normalized spacial score (nSPS) is 15.4. The summed E-state index contributed by atoms with van der Waals surface area (Å²) in [7, 11) is -3.34. The van der Waals surface area contributed by atoms with Crippen molar-refractivity contribution in [3.05, 3.63) is 53.2 Å². The standard InChI is InChI=1S/C25H29N7O5S/c1-15-19(13-27-22-21(15)32(24(33)34)9-10-37-22)31-8-7-16-11-28-23(30-18(16)14-31)29-17-5-6-20(26-12-17)25(2,3)38(4,35)36/h5-6,11-13H,7-10,14H2,1-4H3,(H,33,34)(H,28,29,30). The summed E-state index contributed by atoms with van der Waals surface area (Å²) >= 11 is 0. The monoisotopic (exact) mass is 539 g/mol. The summed E-state index contributed by atoms with van der Waals surface area (Å²) in [6, 6.07) is 3.43. The topological polar surface area (TPSA) is 151 Å². The molecule has 2 aliphatic heterocycles. The molecule has 12 nitrogen and oxygen atoms in total. The van der Waals surface area contributed by atoms with E-state index in [1.807, 2.05) is 6.92 Å². The summed E-state index contributed by atoms with van der Waals surface area (Å²) in [5, 5.41) is 12.8. The number of carboxylic acid groups (broad SMARTS) is 1. The molecule has 0 radical (unpaired) electrons. The van der Waals surface area contributed by atoms with Crippen LogP contribution in [0.1, 0.15) is 36.4 Å². The molecule has 0 spiro atoms. The Morgan fingerprint density at radius 1 is 1.13 bits per heavy atom. The van der Waals surface area contributed by atoms with E-state index in [-0.39, 0.29) is 13.2 Å². The van der Waals surface area contributed by atoms with Gasteiger partial charge in [-0.2, -0.15) is 0 Å². The predicted molar refractivity (Wildman–Crippen MR) is 142 cm³/mol. The molecular weight excluding hydrogens is 510 g/mol. The predicted octanol–water partition coefficient (Wildman–Crippen LogP) is 3.04. The first-order valence-corrected chi connectivity index (χ1v) is 14.0. The van der Waals surface area contributed by atoms with Gasteiger partial charge in [-0.05, 0) is 44.9 Å². The molecule has 38 heavy (non-hydrogen) atoms. The number of fused-ring (bicyclic) bond motifs is 2. The van der Waals surface area contributed by atoms with Gasteiger partial charge in [-0.3, -0.25) is 9.88 Å². The van der Waals surface area contributed by atoms with Crippen LogP contribution >= 0.6 is 0 Å². The van der Waals surface area contributed by atoms with Gasteiger partial charge < -0.3 is 20.1 Å². The average Bonchev–Trinajstić information content (AvgIpc) is 2.88. The highest BCUT2D eigenvalue weighted by Gasteiger charge is 2.34. The number of hydrogen-bond acceptors (Lipinski definition) is 10. The van der Waals surface area contributed by atoms with Crippen molar-refractivity contribution in [2.45, 2.75) is 38.5 Å². The van der Waals surface area contributed by atoms with Crippen LogP contribution in [0.15, 0.2) is 30.7 Å². The number of carbonyl (C=O) groups is 1. The number of pyridine rings is 2. The maximum atomic E-state index is 12.1. The molecule has 200 valence electrons. The second kappa shape index (κ2) is 9.39. The zero-order valence-electron chi connectivity index (χ0n) is 21.6.